The van der Waals surface area contributed by atoms with E-state index in [1.165, 1.54) is 11.3 Å². The average molecular weight is 315 g/mol. The molecular formula is C16H17N3O2S. The van der Waals surface area contributed by atoms with E-state index in [2.05, 4.69) is 27.0 Å². The van der Waals surface area contributed by atoms with Crippen LogP contribution in [0.3, 0.4) is 0 Å². The lowest BCUT2D eigenvalue weighted by atomic mass is 10.3. The summed E-state index contributed by atoms with van der Waals surface area (Å²) in [5, 5.41) is 3.27. The van der Waals surface area contributed by atoms with Crippen molar-refractivity contribution in [3.05, 3.63) is 29.3 Å². The summed E-state index contributed by atoms with van der Waals surface area (Å²) in [7, 11) is 0. The van der Waals surface area contributed by atoms with Gasteiger partial charge in [0.2, 0.25) is 0 Å². The Morgan fingerprint density at radius 2 is 2.14 bits per heavy atom. The van der Waals surface area contributed by atoms with Gasteiger partial charge in [0.15, 0.2) is 5.01 Å². The lowest BCUT2D eigenvalue weighted by Gasteiger charge is -2.24. The Bertz CT molecular complexity index is 678. The second-order valence-electron chi connectivity index (χ2n) is 4.91. The molecule has 1 amide bonds. The van der Waals surface area contributed by atoms with Crippen LogP contribution in [0.4, 0.5) is 0 Å². The number of aromatic nitrogens is 1. The summed E-state index contributed by atoms with van der Waals surface area (Å²) < 4.78 is 6.30. The average Bonchev–Trinajstić information content (AvgIpc) is 2.99. The molecule has 1 saturated heterocycles. The molecule has 2 aromatic rings. The Hall–Kier alpha value is -1.94. The predicted molar refractivity (Wildman–Crippen MR) is 87.0 cm³/mol. The summed E-state index contributed by atoms with van der Waals surface area (Å²) in [6.07, 6.45) is 0. The molecule has 0 radical (unpaired) electrons. The van der Waals surface area contributed by atoms with Gasteiger partial charge < -0.3 is 10.1 Å². The van der Waals surface area contributed by atoms with E-state index >= 15 is 0 Å². The fraction of sp³-hybridized carbons (Fsp3) is 0.375. The molecule has 0 unspecified atom stereocenters. The van der Waals surface area contributed by atoms with Crippen LogP contribution in [0.2, 0.25) is 0 Å². The number of amides is 1. The van der Waals surface area contributed by atoms with Crippen LogP contribution in [0.5, 0.6) is 0 Å². The molecule has 3 rings (SSSR count). The fourth-order valence-corrected chi connectivity index (χ4v) is 3.04. The Labute approximate surface area is 133 Å². The third-order valence-corrected chi connectivity index (χ3v) is 4.39. The van der Waals surface area contributed by atoms with Crippen molar-refractivity contribution in [2.24, 2.45) is 0 Å². The van der Waals surface area contributed by atoms with Crippen molar-refractivity contribution in [1.29, 1.82) is 0 Å². The van der Waals surface area contributed by atoms with E-state index in [9.17, 15) is 4.79 Å². The van der Waals surface area contributed by atoms with Crippen LogP contribution in [0.1, 0.15) is 9.80 Å². The minimum atomic E-state index is -0.165. The van der Waals surface area contributed by atoms with E-state index in [-0.39, 0.29) is 5.91 Å². The van der Waals surface area contributed by atoms with Gasteiger partial charge >= 0.3 is 0 Å². The summed E-state index contributed by atoms with van der Waals surface area (Å²) in [5.41, 5.74) is 0.857. The van der Waals surface area contributed by atoms with Crippen molar-refractivity contribution < 1.29 is 9.53 Å². The van der Waals surface area contributed by atoms with E-state index in [1.807, 2.05) is 24.3 Å². The Balaban J connectivity index is 1.48. The number of rotatable bonds is 3. The van der Waals surface area contributed by atoms with Crippen LogP contribution in [0.15, 0.2) is 24.3 Å². The molecular weight excluding hydrogens is 298 g/mol. The van der Waals surface area contributed by atoms with Gasteiger partial charge in [-0.3, -0.25) is 9.69 Å². The highest BCUT2D eigenvalue weighted by Gasteiger charge is 2.11. The molecule has 114 valence electrons. The number of morpholine rings is 1. The van der Waals surface area contributed by atoms with E-state index in [1.54, 1.807) is 0 Å². The molecule has 0 saturated carbocycles. The summed E-state index contributed by atoms with van der Waals surface area (Å²) in [5.74, 6) is 5.89. The number of fused-ring (bicyclic) bond motifs is 1. The van der Waals surface area contributed by atoms with Crippen LogP contribution in [0.25, 0.3) is 10.2 Å². The molecule has 5 nitrogen and oxygen atoms in total. The van der Waals surface area contributed by atoms with Gasteiger partial charge in [-0.25, -0.2) is 4.98 Å². The number of thiazole rings is 1. The number of para-hydroxylation sites is 1. The first-order valence-corrected chi connectivity index (χ1v) is 8.04. The first-order chi connectivity index (χ1) is 10.8. The van der Waals surface area contributed by atoms with Crippen LogP contribution in [0, 0.1) is 11.8 Å². The topological polar surface area (TPSA) is 54.5 Å². The molecule has 2 heterocycles. The molecule has 22 heavy (non-hydrogen) atoms. The zero-order valence-corrected chi connectivity index (χ0v) is 13.0. The van der Waals surface area contributed by atoms with Gasteiger partial charge in [0.25, 0.3) is 5.91 Å². The van der Waals surface area contributed by atoms with E-state index in [0.717, 1.165) is 43.1 Å². The molecule has 1 aromatic heterocycles. The number of carbonyl (C=O) groups excluding carboxylic acids is 1. The molecule has 0 aliphatic carbocycles. The Kier molecular flexibility index (Phi) is 5.01. The number of hydrogen-bond donors (Lipinski definition) is 1. The molecule has 0 atom stereocenters. The third kappa shape index (κ3) is 3.83. The van der Waals surface area contributed by atoms with E-state index in [4.69, 9.17) is 4.74 Å². The molecule has 6 heteroatoms. The number of nitrogens with zero attached hydrogens (tertiary/aromatic N) is 2. The van der Waals surface area contributed by atoms with Crippen LogP contribution < -0.4 is 5.32 Å². The zero-order chi connectivity index (χ0) is 15.2. The van der Waals surface area contributed by atoms with Crippen molar-refractivity contribution in [1.82, 2.24) is 15.2 Å². The monoisotopic (exact) mass is 315 g/mol. The van der Waals surface area contributed by atoms with Crippen LogP contribution in [-0.4, -0.2) is 55.2 Å². The third-order valence-electron chi connectivity index (χ3n) is 3.36. The SMILES string of the molecule is O=C(NCC#CCN1CCOCC1)c1nc2ccccc2s1. The second-order valence-corrected chi connectivity index (χ2v) is 5.94. The quantitative estimate of drug-likeness (QED) is 0.869. The molecule has 0 bridgehead atoms. The number of ether oxygens (including phenoxy) is 1. The largest absolute Gasteiger partial charge is 0.379 e. The lowest BCUT2D eigenvalue weighted by Crippen LogP contribution is -2.36. The molecule has 1 aliphatic heterocycles. The normalized spacial score (nSPS) is 15.3. The van der Waals surface area contributed by atoms with Gasteiger partial charge in [0.1, 0.15) is 0 Å². The number of nitrogens with one attached hydrogen (secondary N) is 1. The maximum absolute atomic E-state index is 12.0. The van der Waals surface area contributed by atoms with Crippen molar-refractivity contribution in [2.75, 3.05) is 39.4 Å². The van der Waals surface area contributed by atoms with Gasteiger partial charge in [-0.2, -0.15) is 0 Å². The molecule has 1 fully saturated rings. The number of benzene rings is 1. The molecule has 0 spiro atoms. The van der Waals surface area contributed by atoms with Gasteiger partial charge in [-0.15, -0.1) is 11.3 Å². The van der Waals surface area contributed by atoms with Crippen molar-refractivity contribution in [3.63, 3.8) is 0 Å². The van der Waals surface area contributed by atoms with Crippen molar-refractivity contribution >= 4 is 27.5 Å². The predicted octanol–water partition coefficient (Wildman–Crippen LogP) is 1.36. The standard InChI is InChI=1S/C16H17N3O2S/c20-15(16-18-13-5-1-2-6-14(13)22-16)17-7-3-4-8-19-9-11-21-12-10-19/h1-2,5-6H,7-12H2,(H,17,20). The first-order valence-electron chi connectivity index (χ1n) is 7.22. The smallest absolute Gasteiger partial charge is 0.281 e. The molecule has 1 N–H and O–H groups in total. The maximum Gasteiger partial charge on any atom is 0.281 e. The Morgan fingerprint density at radius 3 is 2.95 bits per heavy atom. The highest BCUT2D eigenvalue weighted by molar-refractivity contribution is 7.20. The second kappa shape index (κ2) is 7.36. The first kappa shape index (κ1) is 15.0. The summed E-state index contributed by atoms with van der Waals surface area (Å²) >= 11 is 1.40. The van der Waals surface area contributed by atoms with Gasteiger partial charge in [-0.05, 0) is 12.1 Å². The van der Waals surface area contributed by atoms with Crippen LogP contribution in [-0.2, 0) is 4.74 Å². The zero-order valence-electron chi connectivity index (χ0n) is 12.2. The fourth-order valence-electron chi connectivity index (χ4n) is 2.16. The highest BCUT2D eigenvalue weighted by atomic mass is 32.1. The van der Waals surface area contributed by atoms with Gasteiger partial charge in [-0.1, -0.05) is 24.0 Å². The minimum absolute atomic E-state index is 0.165. The van der Waals surface area contributed by atoms with Crippen molar-refractivity contribution in [2.45, 2.75) is 0 Å². The summed E-state index contributed by atoms with van der Waals surface area (Å²) in [6.45, 7) is 4.46. The highest BCUT2D eigenvalue weighted by Crippen LogP contribution is 2.21. The summed E-state index contributed by atoms with van der Waals surface area (Å²) in [4.78, 5) is 18.6. The maximum atomic E-state index is 12.0. The summed E-state index contributed by atoms with van der Waals surface area (Å²) in [6, 6.07) is 7.73. The minimum Gasteiger partial charge on any atom is -0.379 e. The molecule has 1 aromatic carbocycles. The van der Waals surface area contributed by atoms with Crippen LogP contribution >= 0.6 is 11.3 Å². The lowest BCUT2D eigenvalue weighted by molar-refractivity contribution is 0.0443. The molecule has 1 aliphatic rings. The van der Waals surface area contributed by atoms with Crippen molar-refractivity contribution in [3.8, 4) is 11.8 Å². The Morgan fingerprint density at radius 1 is 1.32 bits per heavy atom. The van der Waals surface area contributed by atoms with E-state index in [0.29, 0.717) is 11.6 Å². The van der Waals surface area contributed by atoms with E-state index < -0.39 is 0 Å². The van der Waals surface area contributed by atoms with Gasteiger partial charge in [0, 0.05) is 13.1 Å². The number of carbonyl (C=O) groups is 1. The van der Waals surface area contributed by atoms with Gasteiger partial charge in [0.05, 0.1) is 36.5 Å². The number of hydrogen-bond acceptors (Lipinski definition) is 5.